The highest BCUT2D eigenvalue weighted by molar-refractivity contribution is 5.20. The van der Waals surface area contributed by atoms with Crippen molar-refractivity contribution < 1.29 is 4.74 Å². The van der Waals surface area contributed by atoms with Crippen LogP contribution < -0.4 is 10.1 Å². The normalized spacial score (nSPS) is 12.8. The number of hydrogen-bond donors (Lipinski definition) is 1. The van der Waals surface area contributed by atoms with Crippen molar-refractivity contribution >= 4 is 0 Å². The third-order valence-electron chi connectivity index (χ3n) is 2.50. The van der Waals surface area contributed by atoms with Gasteiger partial charge in [-0.3, -0.25) is 0 Å². The Morgan fingerprint density at radius 1 is 1.12 bits per heavy atom. The molecule has 1 atom stereocenters. The van der Waals surface area contributed by atoms with Crippen LogP contribution in [0.4, 0.5) is 0 Å². The van der Waals surface area contributed by atoms with Gasteiger partial charge in [-0.2, -0.15) is 0 Å². The lowest BCUT2D eigenvalue weighted by atomic mass is 10.1. The topological polar surface area (TPSA) is 21.3 Å². The van der Waals surface area contributed by atoms with Crippen LogP contribution in [0.25, 0.3) is 0 Å². The van der Waals surface area contributed by atoms with E-state index in [1.807, 2.05) is 30.3 Å². The van der Waals surface area contributed by atoms with Gasteiger partial charge in [0.1, 0.15) is 5.75 Å². The highest BCUT2D eigenvalue weighted by Crippen LogP contribution is 2.10. The van der Waals surface area contributed by atoms with Gasteiger partial charge in [0.15, 0.2) is 0 Å². The number of ether oxygens (including phenoxy) is 1. The van der Waals surface area contributed by atoms with E-state index >= 15 is 0 Å². The summed E-state index contributed by atoms with van der Waals surface area (Å²) in [6, 6.07) is 10.6. The second-order valence-electron chi connectivity index (χ2n) is 4.62. The van der Waals surface area contributed by atoms with E-state index in [9.17, 15) is 0 Å². The number of benzene rings is 1. The van der Waals surface area contributed by atoms with Gasteiger partial charge >= 0.3 is 0 Å². The van der Waals surface area contributed by atoms with Crippen molar-refractivity contribution in [3.05, 3.63) is 30.3 Å². The maximum atomic E-state index is 5.66. The van der Waals surface area contributed by atoms with E-state index in [-0.39, 0.29) is 0 Å². The Labute approximate surface area is 99.0 Å². The van der Waals surface area contributed by atoms with Crippen LogP contribution >= 0.6 is 0 Å². The van der Waals surface area contributed by atoms with Crippen molar-refractivity contribution in [1.29, 1.82) is 0 Å². The summed E-state index contributed by atoms with van der Waals surface area (Å²) in [5.74, 6) is 1.62. The lowest BCUT2D eigenvalue weighted by Crippen LogP contribution is -2.28. The fourth-order valence-electron chi connectivity index (χ4n) is 1.43. The van der Waals surface area contributed by atoms with E-state index in [1.165, 1.54) is 0 Å². The van der Waals surface area contributed by atoms with E-state index < -0.39 is 0 Å². The molecule has 1 N–H and O–H groups in total. The molecule has 1 unspecified atom stereocenters. The third-order valence-corrected chi connectivity index (χ3v) is 2.50. The minimum absolute atomic E-state index is 0.567. The minimum Gasteiger partial charge on any atom is -0.494 e. The maximum Gasteiger partial charge on any atom is 0.119 e. The molecule has 0 fully saturated rings. The molecule has 90 valence electrons. The molecule has 0 spiro atoms. The molecule has 0 saturated heterocycles. The number of hydrogen-bond acceptors (Lipinski definition) is 2. The zero-order valence-electron chi connectivity index (χ0n) is 10.6. The van der Waals surface area contributed by atoms with E-state index in [2.05, 4.69) is 26.1 Å². The van der Waals surface area contributed by atoms with Gasteiger partial charge in [-0.1, -0.05) is 39.0 Å². The molecule has 0 aliphatic rings. The van der Waals surface area contributed by atoms with E-state index in [4.69, 9.17) is 4.74 Å². The maximum absolute atomic E-state index is 5.66. The zero-order chi connectivity index (χ0) is 11.8. The van der Waals surface area contributed by atoms with Gasteiger partial charge in [-0.15, -0.1) is 0 Å². The molecule has 2 nitrogen and oxygen atoms in total. The van der Waals surface area contributed by atoms with Crippen molar-refractivity contribution in [2.75, 3.05) is 13.2 Å². The molecule has 0 radical (unpaired) electrons. The fraction of sp³-hybridized carbons (Fsp3) is 0.571. The lowest BCUT2D eigenvalue weighted by Gasteiger charge is -2.15. The molecule has 1 aromatic carbocycles. The van der Waals surface area contributed by atoms with Gasteiger partial charge in [-0.05, 0) is 31.0 Å². The lowest BCUT2D eigenvalue weighted by molar-refractivity contribution is 0.279. The van der Waals surface area contributed by atoms with Gasteiger partial charge in [0.2, 0.25) is 0 Å². The summed E-state index contributed by atoms with van der Waals surface area (Å²) in [5, 5.41) is 3.44. The van der Waals surface area contributed by atoms with Crippen molar-refractivity contribution in [3.8, 4) is 5.75 Å². The van der Waals surface area contributed by atoms with Crippen molar-refractivity contribution in [2.24, 2.45) is 5.92 Å². The smallest absolute Gasteiger partial charge is 0.119 e. The van der Waals surface area contributed by atoms with Crippen LogP contribution in [-0.2, 0) is 0 Å². The molecular formula is C14H23NO. The molecule has 1 aromatic rings. The number of nitrogens with one attached hydrogen (secondary N) is 1. The Bertz CT molecular complexity index is 271. The summed E-state index contributed by atoms with van der Waals surface area (Å²) in [7, 11) is 0. The van der Waals surface area contributed by atoms with Gasteiger partial charge < -0.3 is 10.1 Å². The minimum atomic E-state index is 0.567. The summed E-state index contributed by atoms with van der Waals surface area (Å²) in [5.41, 5.74) is 0. The summed E-state index contributed by atoms with van der Waals surface area (Å²) in [6.07, 6.45) is 1.09. The quantitative estimate of drug-likeness (QED) is 0.764. The molecule has 2 heteroatoms. The van der Waals surface area contributed by atoms with E-state index in [1.54, 1.807) is 0 Å². The highest BCUT2D eigenvalue weighted by atomic mass is 16.5. The number of para-hydroxylation sites is 1. The van der Waals surface area contributed by atoms with Gasteiger partial charge in [0.05, 0.1) is 6.61 Å². The van der Waals surface area contributed by atoms with Crippen LogP contribution in [0.2, 0.25) is 0 Å². The third kappa shape index (κ3) is 5.76. The van der Waals surface area contributed by atoms with Crippen LogP contribution in [0.15, 0.2) is 30.3 Å². The molecule has 16 heavy (non-hydrogen) atoms. The standard InChI is InChI=1S/C14H23NO/c1-12(2)15-11-13(3)9-10-16-14-7-5-4-6-8-14/h4-8,12-13,15H,9-11H2,1-3H3. The van der Waals surface area contributed by atoms with Crippen LogP contribution in [0.3, 0.4) is 0 Å². The first kappa shape index (κ1) is 13.0. The summed E-state index contributed by atoms with van der Waals surface area (Å²) >= 11 is 0. The molecule has 0 aliphatic carbocycles. The van der Waals surface area contributed by atoms with Crippen molar-refractivity contribution in [3.63, 3.8) is 0 Å². The molecule has 1 rings (SSSR count). The average Bonchev–Trinajstić information content (AvgIpc) is 2.28. The molecule has 0 bridgehead atoms. The molecule has 0 saturated carbocycles. The van der Waals surface area contributed by atoms with Crippen LogP contribution in [0.5, 0.6) is 5.75 Å². The highest BCUT2D eigenvalue weighted by Gasteiger charge is 2.03. The van der Waals surface area contributed by atoms with Gasteiger partial charge in [0, 0.05) is 6.04 Å². The molecule has 0 aromatic heterocycles. The van der Waals surface area contributed by atoms with Gasteiger partial charge in [0.25, 0.3) is 0 Å². The van der Waals surface area contributed by atoms with E-state index in [0.29, 0.717) is 12.0 Å². The second kappa shape index (κ2) is 7.29. The van der Waals surface area contributed by atoms with Gasteiger partial charge in [-0.25, -0.2) is 0 Å². The first-order chi connectivity index (χ1) is 7.68. The second-order valence-corrected chi connectivity index (χ2v) is 4.62. The Kier molecular flexibility index (Phi) is 5.94. The van der Waals surface area contributed by atoms with Crippen LogP contribution in [0.1, 0.15) is 27.2 Å². The average molecular weight is 221 g/mol. The Balaban J connectivity index is 2.11. The fourth-order valence-corrected chi connectivity index (χ4v) is 1.43. The first-order valence-corrected chi connectivity index (χ1v) is 6.09. The monoisotopic (exact) mass is 221 g/mol. The molecule has 0 heterocycles. The predicted octanol–water partition coefficient (Wildman–Crippen LogP) is 3.09. The summed E-state index contributed by atoms with van der Waals surface area (Å²) in [6.45, 7) is 8.46. The van der Waals surface area contributed by atoms with Crippen molar-refractivity contribution in [2.45, 2.75) is 33.2 Å². The summed E-state index contributed by atoms with van der Waals surface area (Å²) < 4.78 is 5.66. The number of rotatable bonds is 7. The predicted molar refractivity (Wildman–Crippen MR) is 68.9 cm³/mol. The Morgan fingerprint density at radius 3 is 2.44 bits per heavy atom. The largest absolute Gasteiger partial charge is 0.494 e. The molecular weight excluding hydrogens is 198 g/mol. The molecule has 0 amide bonds. The Morgan fingerprint density at radius 2 is 1.81 bits per heavy atom. The molecule has 0 aliphatic heterocycles. The van der Waals surface area contributed by atoms with Crippen molar-refractivity contribution in [1.82, 2.24) is 5.32 Å². The van der Waals surface area contributed by atoms with Crippen LogP contribution in [0, 0.1) is 5.92 Å². The SMILES string of the molecule is CC(CCOc1ccccc1)CNC(C)C. The Hall–Kier alpha value is -1.02. The summed E-state index contributed by atoms with van der Waals surface area (Å²) in [4.78, 5) is 0. The zero-order valence-corrected chi connectivity index (χ0v) is 10.6. The van der Waals surface area contributed by atoms with E-state index in [0.717, 1.165) is 25.3 Å². The first-order valence-electron chi connectivity index (χ1n) is 6.09. The van der Waals surface area contributed by atoms with Crippen LogP contribution in [-0.4, -0.2) is 19.2 Å².